The van der Waals surface area contributed by atoms with E-state index in [2.05, 4.69) is 4.98 Å². The first-order valence-electron chi connectivity index (χ1n) is 8.37. The van der Waals surface area contributed by atoms with Gasteiger partial charge in [0.1, 0.15) is 10.7 Å². The Bertz CT molecular complexity index is 1040. The van der Waals surface area contributed by atoms with Crippen molar-refractivity contribution in [2.24, 2.45) is 0 Å². The van der Waals surface area contributed by atoms with E-state index >= 15 is 0 Å². The van der Waals surface area contributed by atoms with Gasteiger partial charge in [0.15, 0.2) is 6.61 Å². The molecule has 2 aromatic heterocycles. The van der Waals surface area contributed by atoms with Crippen molar-refractivity contribution >= 4 is 23.1 Å². The molecule has 140 valence electrons. The van der Waals surface area contributed by atoms with Crippen LogP contribution in [0, 0.1) is 33.5 Å². The number of ketones is 1. The molecule has 1 aromatic carbocycles. The van der Waals surface area contributed by atoms with Gasteiger partial charge in [0, 0.05) is 22.6 Å². The van der Waals surface area contributed by atoms with E-state index < -0.39 is 5.97 Å². The molecule has 0 saturated heterocycles. The van der Waals surface area contributed by atoms with Gasteiger partial charge in [-0.25, -0.2) is 14.2 Å². The lowest BCUT2D eigenvalue weighted by molar-refractivity contribution is 0.0478. The van der Waals surface area contributed by atoms with Crippen LogP contribution in [0.3, 0.4) is 0 Å². The van der Waals surface area contributed by atoms with Gasteiger partial charge in [0.2, 0.25) is 5.78 Å². The van der Waals surface area contributed by atoms with Gasteiger partial charge in [-0.2, -0.15) is 0 Å². The summed E-state index contributed by atoms with van der Waals surface area (Å²) >= 11 is 1.24. The summed E-state index contributed by atoms with van der Waals surface area (Å²) in [4.78, 5) is 29.4. The van der Waals surface area contributed by atoms with Crippen molar-refractivity contribution in [3.05, 3.63) is 68.7 Å². The van der Waals surface area contributed by atoms with Crippen LogP contribution in [0.1, 0.15) is 42.1 Å². The zero-order chi connectivity index (χ0) is 19.7. The van der Waals surface area contributed by atoms with Gasteiger partial charge >= 0.3 is 5.97 Å². The molecule has 7 heteroatoms. The number of carbonyl (C=O) groups excluding carboxylic acids is 2. The third kappa shape index (κ3) is 3.83. The largest absolute Gasteiger partial charge is 0.453 e. The Morgan fingerprint density at radius 1 is 1.19 bits per heavy atom. The van der Waals surface area contributed by atoms with Gasteiger partial charge < -0.3 is 9.30 Å². The fraction of sp³-hybridized carbons (Fsp3) is 0.250. The number of hydrogen-bond acceptors (Lipinski definition) is 5. The minimum absolute atomic E-state index is 0.307. The molecule has 0 atom stereocenters. The number of aromatic nitrogens is 2. The van der Waals surface area contributed by atoms with Crippen molar-refractivity contribution in [3.8, 4) is 5.69 Å². The molecule has 2 heterocycles. The number of benzene rings is 1. The Morgan fingerprint density at radius 3 is 2.56 bits per heavy atom. The van der Waals surface area contributed by atoms with E-state index in [1.54, 1.807) is 43.5 Å². The Kier molecular flexibility index (Phi) is 5.23. The highest BCUT2D eigenvalue weighted by molar-refractivity contribution is 7.13. The molecule has 0 amide bonds. The molecular weight excluding hydrogens is 367 g/mol. The molecule has 0 unspecified atom stereocenters. The van der Waals surface area contributed by atoms with E-state index in [9.17, 15) is 14.0 Å². The number of aryl methyl sites for hydroxylation is 3. The number of halogens is 1. The predicted octanol–water partition coefficient (Wildman–Crippen LogP) is 4.35. The molecule has 0 aliphatic rings. The van der Waals surface area contributed by atoms with Gasteiger partial charge in [-0.05, 0) is 52.0 Å². The van der Waals surface area contributed by atoms with Crippen molar-refractivity contribution in [3.63, 3.8) is 0 Å². The molecule has 0 bridgehead atoms. The number of ether oxygens (including phenoxy) is 1. The van der Waals surface area contributed by atoms with E-state index in [-0.39, 0.29) is 18.2 Å². The number of hydrogen-bond donors (Lipinski definition) is 0. The van der Waals surface area contributed by atoms with Crippen LogP contribution in [-0.4, -0.2) is 27.9 Å². The number of esters is 1. The maximum Gasteiger partial charge on any atom is 0.350 e. The zero-order valence-corrected chi connectivity index (χ0v) is 16.3. The number of nitrogens with zero attached hydrogens (tertiary/aromatic N) is 2. The SMILES string of the molecule is Cc1nc(C)c(C(=O)OCC(=O)c2cc(C)n(-c3cccc(F)c3)c2C)s1. The number of thiazole rings is 1. The topological polar surface area (TPSA) is 61.2 Å². The lowest BCUT2D eigenvalue weighted by atomic mass is 10.1. The molecule has 0 spiro atoms. The minimum Gasteiger partial charge on any atom is -0.453 e. The lowest BCUT2D eigenvalue weighted by Crippen LogP contribution is -2.15. The van der Waals surface area contributed by atoms with Gasteiger partial charge in [-0.3, -0.25) is 4.79 Å². The van der Waals surface area contributed by atoms with E-state index in [0.717, 1.165) is 10.7 Å². The van der Waals surface area contributed by atoms with E-state index in [1.807, 2.05) is 6.92 Å². The van der Waals surface area contributed by atoms with Crippen LogP contribution >= 0.6 is 11.3 Å². The van der Waals surface area contributed by atoms with Crippen LogP contribution in [0.25, 0.3) is 5.69 Å². The molecule has 0 aliphatic carbocycles. The summed E-state index contributed by atoms with van der Waals surface area (Å²) in [5, 5.41) is 0.768. The molecule has 0 saturated carbocycles. The Hall–Kier alpha value is -2.80. The van der Waals surface area contributed by atoms with Crippen LogP contribution in [0.4, 0.5) is 4.39 Å². The van der Waals surface area contributed by atoms with Gasteiger partial charge in [-0.1, -0.05) is 6.07 Å². The van der Waals surface area contributed by atoms with Gasteiger partial charge in [0.05, 0.1) is 10.7 Å². The first-order valence-corrected chi connectivity index (χ1v) is 9.19. The van der Waals surface area contributed by atoms with Crippen LogP contribution in [0.2, 0.25) is 0 Å². The molecule has 27 heavy (non-hydrogen) atoms. The first kappa shape index (κ1) is 19.0. The van der Waals surface area contributed by atoms with E-state index in [4.69, 9.17) is 4.74 Å². The highest BCUT2D eigenvalue weighted by atomic mass is 32.1. The predicted molar refractivity (Wildman–Crippen MR) is 101 cm³/mol. The van der Waals surface area contributed by atoms with Crippen LogP contribution < -0.4 is 0 Å². The second-order valence-corrected chi connectivity index (χ2v) is 7.45. The normalized spacial score (nSPS) is 10.9. The Morgan fingerprint density at radius 2 is 1.93 bits per heavy atom. The Balaban J connectivity index is 1.79. The lowest BCUT2D eigenvalue weighted by Gasteiger charge is -2.10. The maximum absolute atomic E-state index is 13.5. The van der Waals surface area contributed by atoms with Crippen LogP contribution in [0.15, 0.2) is 30.3 Å². The van der Waals surface area contributed by atoms with Crippen LogP contribution in [0.5, 0.6) is 0 Å². The summed E-state index contributed by atoms with van der Waals surface area (Å²) < 4.78 is 20.5. The van der Waals surface area contributed by atoms with Crippen molar-refractivity contribution in [2.45, 2.75) is 27.7 Å². The van der Waals surface area contributed by atoms with Crippen molar-refractivity contribution < 1.29 is 18.7 Å². The van der Waals surface area contributed by atoms with Crippen molar-refractivity contribution in [2.75, 3.05) is 6.61 Å². The molecule has 0 aliphatic heterocycles. The van der Waals surface area contributed by atoms with Crippen molar-refractivity contribution in [1.29, 1.82) is 0 Å². The van der Waals surface area contributed by atoms with Gasteiger partial charge in [0.25, 0.3) is 0 Å². The quantitative estimate of drug-likeness (QED) is 0.483. The summed E-state index contributed by atoms with van der Waals surface area (Å²) in [6, 6.07) is 7.88. The van der Waals surface area contributed by atoms with E-state index in [0.29, 0.717) is 27.5 Å². The fourth-order valence-electron chi connectivity index (χ4n) is 3.05. The molecule has 0 fully saturated rings. The standard InChI is InChI=1S/C20H19FN2O3S/c1-11-8-17(13(3)23(11)16-7-5-6-15(21)9-16)18(24)10-26-20(25)19-12(2)22-14(4)27-19/h5-9H,10H2,1-4H3. The summed E-state index contributed by atoms with van der Waals surface area (Å²) in [7, 11) is 0. The second kappa shape index (κ2) is 7.44. The van der Waals surface area contributed by atoms with Crippen LogP contribution in [-0.2, 0) is 4.74 Å². The van der Waals surface area contributed by atoms with E-state index in [1.165, 1.54) is 23.5 Å². The average molecular weight is 386 g/mol. The number of Topliss-reactive ketones (excluding diaryl/α,β-unsaturated/α-hetero) is 1. The Labute approximate surface area is 160 Å². The molecule has 0 N–H and O–H groups in total. The smallest absolute Gasteiger partial charge is 0.350 e. The molecule has 5 nitrogen and oxygen atoms in total. The molecular formula is C20H19FN2O3S. The summed E-state index contributed by atoms with van der Waals surface area (Å²) in [6.45, 7) is 6.80. The fourth-order valence-corrected chi connectivity index (χ4v) is 3.87. The maximum atomic E-state index is 13.5. The monoisotopic (exact) mass is 386 g/mol. The average Bonchev–Trinajstić information content (AvgIpc) is 3.10. The third-order valence-corrected chi connectivity index (χ3v) is 5.27. The number of rotatable bonds is 5. The molecule has 0 radical (unpaired) electrons. The first-order chi connectivity index (χ1) is 12.8. The van der Waals surface area contributed by atoms with Crippen molar-refractivity contribution in [1.82, 2.24) is 9.55 Å². The number of carbonyl (C=O) groups is 2. The molecule has 3 aromatic rings. The summed E-state index contributed by atoms with van der Waals surface area (Å²) in [5.41, 5.74) is 3.14. The highest BCUT2D eigenvalue weighted by Crippen LogP contribution is 2.22. The zero-order valence-electron chi connectivity index (χ0n) is 15.5. The summed E-state index contributed by atoms with van der Waals surface area (Å²) in [5.74, 6) is -1.21. The third-order valence-electron chi connectivity index (χ3n) is 4.22. The molecule has 3 rings (SSSR count). The van der Waals surface area contributed by atoms with Gasteiger partial charge in [-0.15, -0.1) is 11.3 Å². The minimum atomic E-state index is -0.551. The second-order valence-electron chi connectivity index (χ2n) is 6.25. The highest BCUT2D eigenvalue weighted by Gasteiger charge is 2.20. The summed E-state index contributed by atoms with van der Waals surface area (Å²) in [6.07, 6.45) is 0.